The second kappa shape index (κ2) is 17.0. The maximum Gasteiger partial charge on any atom is 0.410 e. The first-order chi connectivity index (χ1) is 22.1. The molecule has 2 heterocycles. The first kappa shape index (κ1) is 46.4. The Morgan fingerprint density at radius 2 is 1.04 bits per heavy atom. The molecular weight excluding hydrogens is 657 g/mol. The molecule has 0 aliphatic carbocycles. The number of ether oxygens (including phenoxy) is 2. The number of hydrogen-bond acceptors (Lipinski definition) is 8. The zero-order chi connectivity index (χ0) is 39.3. The molecule has 2 unspecified atom stereocenters. The SMILES string of the molecule is CC(C)(C)CC(CO)C[C@@H]1CN(C(=O)OC(C)(C)C)C(C)(C)C1.CC(C)(C)CC(COS(C)(=O)=O)C[C@@H]1CN(C(=O)OC(C)(C)C)C(C)(C)C1. The Labute approximate surface area is 306 Å². The van der Waals surface area contributed by atoms with Crippen LogP contribution in [-0.2, 0) is 23.8 Å². The highest BCUT2D eigenvalue weighted by Gasteiger charge is 2.45. The van der Waals surface area contributed by atoms with E-state index >= 15 is 0 Å². The topological polar surface area (TPSA) is 123 Å². The van der Waals surface area contributed by atoms with Gasteiger partial charge in [0.05, 0.1) is 12.9 Å². The fourth-order valence-corrected chi connectivity index (χ4v) is 8.13. The van der Waals surface area contributed by atoms with Crippen LogP contribution in [0.3, 0.4) is 0 Å². The minimum atomic E-state index is -3.46. The molecule has 2 aliphatic heterocycles. The Bertz CT molecular complexity index is 1200. The Hall–Kier alpha value is -1.59. The third-order valence-corrected chi connectivity index (χ3v) is 9.62. The summed E-state index contributed by atoms with van der Waals surface area (Å²) in [6, 6.07) is 0. The van der Waals surface area contributed by atoms with Crippen molar-refractivity contribution in [3.63, 3.8) is 0 Å². The van der Waals surface area contributed by atoms with Gasteiger partial charge in [0.25, 0.3) is 10.1 Å². The summed E-state index contributed by atoms with van der Waals surface area (Å²) >= 11 is 0. The van der Waals surface area contributed by atoms with Crippen molar-refractivity contribution < 1.29 is 36.8 Å². The lowest BCUT2D eigenvalue weighted by Crippen LogP contribution is -2.45. The number of likely N-dealkylation sites (tertiary alicyclic amines) is 2. The van der Waals surface area contributed by atoms with Crippen LogP contribution in [-0.4, -0.2) is 90.3 Å². The number of rotatable bonds is 10. The minimum Gasteiger partial charge on any atom is -0.444 e. The van der Waals surface area contributed by atoms with Gasteiger partial charge in [0.2, 0.25) is 0 Å². The van der Waals surface area contributed by atoms with Gasteiger partial charge < -0.3 is 24.4 Å². The van der Waals surface area contributed by atoms with E-state index < -0.39 is 21.3 Å². The predicted molar refractivity (Wildman–Crippen MR) is 202 cm³/mol. The summed E-state index contributed by atoms with van der Waals surface area (Å²) in [5.41, 5.74) is -1.17. The third-order valence-electron chi connectivity index (χ3n) is 9.06. The molecule has 10 nitrogen and oxygen atoms in total. The Balaban J connectivity index is 0.000000506. The summed E-state index contributed by atoms with van der Waals surface area (Å²) in [6.07, 6.45) is 6.09. The summed E-state index contributed by atoms with van der Waals surface area (Å²) in [7, 11) is -3.46. The first-order valence-corrected chi connectivity index (χ1v) is 20.4. The molecule has 2 amide bonds. The van der Waals surface area contributed by atoms with Crippen LogP contribution in [0.1, 0.15) is 149 Å². The van der Waals surface area contributed by atoms with Gasteiger partial charge in [-0.25, -0.2) is 9.59 Å². The molecule has 0 bridgehead atoms. The molecule has 0 spiro atoms. The average molecular weight is 733 g/mol. The quantitative estimate of drug-likeness (QED) is 0.221. The molecule has 50 heavy (non-hydrogen) atoms. The van der Waals surface area contributed by atoms with Gasteiger partial charge in [-0.15, -0.1) is 0 Å². The van der Waals surface area contributed by atoms with E-state index in [9.17, 15) is 23.1 Å². The van der Waals surface area contributed by atoms with Crippen molar-refractivity contribution in [2.24, 2.45) is 34.5 Å². The zero-order valence-electron chi connectivity index (χ0n) is 35.0. The van der Waals surface area contributed by atoms with Crippen molar-refractivity contribution in [1.82, 2.24) is 9.80 Å². The van der Waals surface area contributed by atoms with Crippen LogP contribution in [0.4, 0.5) is 9.59 Å². The molecule has 2 aliphatic rings. The van der Waals surface area contributed by atoms with E-state index in [4.69, 9.17) is 13.7 Å². The minimum absolute atomic E-state index is 0.0739. The van der Waals surface area contributed by atoms with Gasteiger partial charge >= 0.3 is 12.2 Å². The second-order valence-corrected chi connectivity index (χ2v) is 22.5. The smallest absolute Gasteiger partial charge is 0.410 e. The van der Waals surface area contributed by atoms with Crippen LogP contribution in [0.5, 0.6) is 0 Å². The number of aliphatic hydroxyl groups is 1. The zero-order valence-corrected chi connectivity index (χ0v) is 35.8. The molecule has 0 saturated carbocycles. The number of carbonyl (C=O) groups is 2. The van der Waals surface area contributed by atoms with Gasteiger partial charge in [-0.05, 0) is 142 Å². The third kappa shape index (κ3) is 18.3. The summed E-state index contributed by atoms with van der Waals surface area (Å²) in [4.78, 5) is 28.7. The lowest BCUT2D eigenvalue weighted by atomic mass is 9.80. The summed E-state index contributed by atoms with van der Waals surface area (Å²) < 4.78 is 39.1. The molecule has 296 valence electrons. The number of amides is 2. The molecule has 0 aromatic rings. The van der Waals surface area contributed by atoms with E-state index in [1.54, 1.807) is 0 Å². The van der Waals surface area contributed by atoms with Crippen LogP contribution in [0.25, 0.3) is 0 Å². The number of nitrogens with zero attached hydrogens (tertiary/aromatic N) is 2. The predicted octanol–water partition coefficient (Wildman–Crippen LogP) is 8.90. The van der Waals surface area contributed by atoms with E-state index in [2.05, 4.69) is 69.2 Å². The van der Waals surface area contributed by atoms with Crippen LogP contribution in [0.2, 0.25) is 0 Å². The largest absolute Gasteiger partial charge is 0.444 e. The van der Waals surface area contributed by atoms with Crippen LogP contribution in [0.15, 0.2) is 0 Å². The van der Waals surface area contributed by atoms with Gasteiger partial charge in [-0.2, -0.15) is 8.42 Å². The summed E-state index contributed by atoms with van der Waals surface area (Å²) in [5.74, 6) is 1.15. The van der Waals surface area contributed by atoms with Crippen LogP contribution in [0, 0.1) is 34.5 Å². The van der Waals surface area contributed by atoms with E-state index in [0.29, 0.717) is 24.3 Å². The van der Waals surface area contributed by atoms with E-state index in [-0.39, 0.29) is 53.2 Å². The van der Waals surface area contributed by atoms with E-state index in [1.807, 2.05) is 51.3 Å². The standard InChI is InChI=1S/C20H39NO5S.C19H37NO3/c1-18(2,3)11-16(14-25-27(9,23)24)10-15-12-20(7,8)21(13-15)17(22)26-19(4,5)6;1-17(2,3)10-15(13-21)9-14-11-19(7,8)20(12-14)16(22)23-18(4,5)6/h15-16H,10-14H2,1-9H3;14-15,21H,9-13H2,1-8H3/t15-,16?;14-,15?/m00/s1. The van der Waals surface area contributed by atoms with Crippen molar-refractivity contribution in [2.75, 3.05) is 32.6 Å². The lowest BCUT2D eigenvalue weighted by molar-refractivity contribution is 0.0117. The Morgan fingerprint density at radius 3 is 1.34 bits per heavy atom. The molecule has 0 aromatic heterocycles. The van der Waals surface area contributed by atoms with Gasteiger partial charge in [-0.3, -0.25) is 4.18 Å². The van der Waals surface area contributed by atoms with Crippen molar-refractivity contribution in [3.05, 3.63) is 0 Å². The molecule has 4 atom stereocenters. The fraction of sp³-hybridized carbons (Fsp3) is 0.949. The second-order valence-electron chi connectivity index (χ2n) is 20.9. The highest BCUT2D eigenvalue weighted by molar-refractivity contribution is 7.85. The van der Waals surface area contributed by atoms with E-state index in [0.717, 1.165) is 51.3 Å². The molecule has 1 N–H and O–H groups in total. The van der Waals surface area contributed by atoms with Gasteiger partial charge in [-0.1, -0.05) is 41.5 Å². The molecule has 11 heteroatoms. The molecule has 2 saturated heterocycles. The highest BCUT2D eigenvalue weighted by atomic mass is 32.2. The molecule has 0 aromatic carbocycles. The fourth-order valence-electron chi connectivity index (χ4n) is 7.69. The first-order valence-electron chi connectivity index (χ1n) is 18.6. The van der Waals surface area contributed by atoms with Gasteiger partial charge in [0.15, 0.2) is 0 Å². The van der Waals surface area contributed by atoms with Crippen molar-refractivity contribution in [2.45, 2.75) is 172 Å². The number of hydrogen-bond donors (Lipinski definition) is 1. The molecule has 2 fully saturated rings. The van der Waals surface area contributed by atoms with Gasteiger partial charge in [0.1, 0.15) is 11.2 Å². The molecule has 0 radical (unpaired) electrons. The Morgan fingerprint density at radius 1 is 0.700 bits per heavy atom. The average Bonchev–Trinajstić information content (AvgIpc) is 3.31. The molecule has 2 rings (SSSR count). The van der Waals surface area contributed by atoms with Crippen molar-refractivity contribution >= 4 is 22.3 Å². The van der Waals surface area contributed by atoms with Crippen molar-refractivity contribution in [1.29, 1.82) is 0 Å². The Kier molecular flexibility index (Phi) is 15.8. The highest BCUT2D eigenvalue weighted by Crippen LogP contribution is 2.40. The maximum absolute atomic E-state index is 12.6. The van der Waals surface area contributed by atoms with Crippen LogP contribution < -0.4 is 0 Å². The monoisotopic (exact) mass is 733 g/mol. The normalized spacial score (nSPS) is 22.4. The number of aliphatic hydroxyl groups excluding tert-OH is 1. The molecular formula is C39H76N2O8S. The number of carbonyl (C=O) groups excluding carboxylic acids is 2. The van der Waals surface area contributed by atoms with Crippen molar-refractivity contribution in [3.8, 4) is 0 Å². The summed E-state index contributed by atoms with van der Waals surface area (Å²) in [5, 5.41) is 9.70. The van der Waals surface area contributed by atoms with E-state index in [1.165, 1.54) is 0 Å². The van der Waals surface area contributed by atoms with Gasteiger partial charge in [0, 0.05) is 30.8 Å². The van der Waals surface area contributed by atoms with Crippen LogP contribution >= 0.6 is 0 Å². The summed E-state index contributed by atoms with van der Waals surface area (Å²) in [6.45, 7) is 34.5. The maximum atomic E-state index is 12.6. The lowest BCUT2D eigenvalue weighted by Gasteiger charge is -2.33.